The molecule has 0 amide bonds. The number of pyridine rings is 1. The summed E-state index contributed by atoms with van der Waals surface area (Å²) in [4.78, 5) is 3.73. The SMILES string of the molecule is Nc1cc(NCC(O)C(F)F)ccn1. The Hall–Kier alpha value is -1.43. The number of aliphatic hydroxyl groups excluding tert-OH is 1. The number of hydrogen-bond acceptors (Lipinski definition) is 4. The molecule has 0 aliphatic carbocycles. The van der Waals surface area contributed by atoms with Gasteiger partial charge >= 0.3 is 0 Å². The first kappa shape index (κ1) is 10.6. The fourth-order valence-corrected chi connectivity index (χ4v) is 0.870. The van der Waals surface area contributed by atoms with Crippen molar-refractivity contribution in [1.82, 2.24) is 4.98 Å². The van der Waals surface area contributed by atoms with Gasteiger partial charge in [-0.1, -0.05) is 0 Å². The Bertz CT molecular complexity index is 296. The number of hydrogen-bond donors (Lipinski definition) is 3. The second-order valence-electron chi connectivity index (χ2n) is 2.75. The van der Waals surface area contributed by atoms with Crippen molar-refractivity contribution in [2.24, 2.45) is 0 Å². The molecule has 0 aliphatic rings. The van der Waals surface area contributed by atoms with Gasteiger partial charge in [0.2, 0.25) is 0 Å². The topological polar surface area (TPSA) is 71.2 Å². The first-order valence-corrected chi connectivity index (χ1v) is 4.01. The number of nitrogens with one attached hydrogen (secondary N) is 1. The Morgan fingerprint density at radius 1 is 1.57 bits per heavy atom. The predicted octanol–water partition coefficient (Wildman–Crippen LogP) is 0.702. The summed E-state index contributed by atoms with van der Waals surface area (Å²) in [5.74, 6) is 0.293. The third kappa shape index (κ3) is 3.14. The third-order valence-corrected chi connectivity index (χ3v) is 1.59. The standard InChI is InChI=1S/C8H11F2N3O/c9-8(10)6(14)4-13-5-1-2-12-7(11)3-5/h1-3,6,8,14H,4H2,(H3,11,12,13). The summed E-state index contributed by atoms with van der Waals surface area (Å²) in [5, 5.41) is 11.4. The molecule has 4 N–H and O–H groups in total. The van der Waals surface area contributed by atoms with E-state index in [4.69, 9.17) is 10.8 Å². The van der Waals surface area contributed by atoms with E-state index in [-0.39, 0.29) is 6.54 Å². The molecule has 0 radical (unpaired) electrons. The molecule has 0 saturated carbocycles. The molecule has 0 spiro atoms. The van der Waals surface area contributed by atoms with Gasteiger partial charge in [0.05, 0.1) is 0 Å². The van der Waals surface area contributed by atoms with Crippen LogP contribution in [0.3, 0.4) is 0 Å². The van der Waals surface area contributed by atoms with E-state index in [0.717, 1.165) is 0 Å². The highest BCUT2D eigenvalue weighted by molar-refractivity contribution is 5.49. The van der Waals surface area contributed by atoms with Gasteiger partial charge in [-0.25, -0.2) is 13.8 Å². The summed E-state index contributed by atoms with van der Waals surface area (Å²) in [6.45, 7) is -0.221. The predicted molar refractivity (Wildman–Crippen MR) is 49.1 cm³/mol. The second kappa shape index (κ2) is 4.71. The molecular weight excluding hydrogens is 192 g/mol. The van der Waals surface area contributed by atoms with Gasteiger partial charge in [0.25, 0.3) is 6.43 Å². The van der Waals surface area contributed by atoms with Crippen molar-refractivity contribution in [3.05, 3.63) is 18.3 Å². The molecule has 1 aromatic rings. The second-order valence-corrected chi connectivity index (χ2v) is 2.75. The van der Waals surface area contributed by atoms with Crippen LogP contribution in [0.5, 0.6) is 0 Å². The van der Waals surface area contributed by atoms with E-state index in [1.807, 2.05) is 0 Å². The number of anilines is 2. The number of halogens is 2. The zero-order valence-electron chi connectivity index (χ0n) is 7.32. The summed E-state index contributed by atoms with van der Waals surface area (Å²) in [6.07, 6.45) is -2.97. The fourth-order valence-electron chi connectivity index (χ4n) is 0.870. The van der Waals surface area contributed by atoms with Crippen LogP contribution in [0.2, 0.25) is 0 Å². The Kier molecular flexibility index (Phi) is 3.58. The van der Waals surface area contributed by atoms with Crippen LogP contribution in [0.25, 0.3) is 0 Å². The lowest BCUT2D eigenvalue weighted by atomic mass is 10.3. The van der Waals surface area contributed by atoms with Crippen molar-refractivity contribution in [2.75, 3.05) is 17.6 Å². The first-order valence-electron chi connectivity index (χ1n) is 4.01. The minimum atomic E-state index is -2.75. The number of nitrogens with two attached hydrogens (primary N) is 1. The minimum absolute atomic E-state index is 0.221. The summed E-state index contributed by atoms with van der Waals surface area (Å²) in [5.41, 5.74) is 5.92. The van der Waals surface area contributed by atoms with Crippen molar-refractivity contribution in [1.29, 1.82) is 0 Å². The van der Waals surface area contributed by atoms with E-state index in [0.29, 0.717) is 11.5 Å². The highest BCUT2D eigenvalue weighted by atomic mass is 19.3. The number of nitrogens with zero attached hydrogens (tertiary/aromatic N) is 1. The van der Waals surface area contributed by atoms with E-state index in [9.17, 15) is 8.78 Å². The number of rotatable bonds is 4. The molecule has 0 aromatic carbocycles. The lowest BCUT2D eigenvalue weighted by Crippen LogP contribution is -2.26. The van der Waals surface area contributed by atoms with Crippen LogP contribution in [0.1, 0.15) is 0 Å². The monoisotopic (exact) mass is 203 g/mol. The number of nitrogen functional groups attached to an aromatic ring is 1. The molecule has 6 heteroatoms. The third-order valence-electron chi connectivity index (χ3n) is 1.59. The van der Waals surface area contributed by atoms with Gasteiger partial charge in [0, 0.05) is 24.5 Å². The highest BCUT2D eigenvalue weighted by Gasteiger charge is 2.15. The van der Waals surface area contributed by atoms with Crippen LogP contribution >= 0.6 is 0 Å². The summed E-state index contributed by atoms with van der Waals surface area (Å²) in [7, 11) is 0. The maximum atomic E-state index is 11.9. The van der Waals surface area contributed by atoms with Crippen LogP contribution in [0, 0.1) is 0 Å². The van der Waals surface area contributed by atoms with Gasteiger partial charge in [-0.2, -0.15) is 0 Å². The normalized spacial score (nSPS) is 12.9. The average Bonchev–Trinajstić information content (AvgIpc) is 2.14. The molecule has 1 unspecified atom stereocenters. The van der Waals surface area contributed by atoms with E-state index < -0.39 is 12.5 Å². The average molecular weight is 203 g/mol. The number of aliphatic hydroxyl groups is 1. The van der Waals surface area contributed by atoms with Gasteiger partial charge in [-0.15, -0.1) is 0 Å². The van der Waals surface area contributed by atoms with Crippen LogP contribution in [0.4, 0.5) is 20.3 Å². The lowest BCUT2D eigenvalue weighted by Gasteiger charge is -2.11. The maximum Gasteiger partial charge on any atom is 0.265 e. The molecule has 0 aliphatic heterocycles. The molecular formula is C8H11F2N3O. The van der Waals surface area contributed by atoms with Crippen molar-refractivity contribution in [3.63, 3.8) is 0 Å². The fraction of sp³-hybridized carbons (Fsp3) is 0.375. The molecule has 1 aromatic heterocycles. The molecule has 78 valence electrons. The molecule has 1 atom stereocenters. The Morgan fingerprint density at radius 2 is 2.29 bits per heavy atom. The summed E-state index contributed by atoms with van der Waals surface area (Å²) < 4.78 is 23.8. The molecule has 1 heterocycles. The van der Waals surface area contributed by atoms with Gasteiger partial charge in [0.15, 0.2) is 0 Å². The van der Waals surface area contributed by atoms with E-state index in [1.165, 1.54) is 12.3 Å². The highest BCUT2D eigenvalue weighted by Crippen LogP contribution is 2.09. The largest absolute Gasteiger partial charge is 0.385 e. The van der Waals surface area contributed by atoms with Gasteiger partial charge in [-0.3, -0.25) is 0 Å². The molecule has 0 saturated heterocycles. The van der Waals surface area contributed by atoms with Gasteiger partial charge in [0.1, 0.15) is 11.9 Å². The van der Waals surface area contributed by atoms with Crippen molar-refractivity contribution in [2.45, 2.75) is 12.5 Å². The van der Waals surface area contributed by atoms with E-state index in [2.05, 4.69) is 10.3 Å². The smallest absolute Gasteiger partial charge is 0.265 e. The van der Waals surface area contributed by atoms with Crippen LogP contribution in [-0.2, 0) is 0 Å². The summed E-state index contributed by atoms with van der Waals surface area (Å²) in [6, 6.07) is 3.08. The molecule has 1 rings (SSSR count). The zero-order valence-corrected chi connectivity index (χ0v) is 7.32. The van der Waals surface area contributed by atoms with E-state index in [1.54, 1.807) is 6.07 Å². The Labute approximate surface area is 79.8 Å². The quantitative estimate of drug-likeness (QED) is 0.673. The molecule has 14 heavy (non-hydrogen) atoms. The Morgan fingerprint density at radius 3 is 2.86 bits per heavy atom. The van der Waals surface area contributed by atoms with Crippen LogP contribution in [-0.4, -0.2) is 29.2 Å². The Balaban J connectivity index is 2.45. The van der Waals surface area contributed by atoms with Crippen LogP contribution < -0.4 is 11.1 Å². The van der Waals surface area contributed by atoms with E-state index >= 15 is 0 Å². The maximum absolute atomic E-state index is 11.9. The van der Waals surface area contributed by atoms with Crippen LogP contribution in [0.15, 0.2) is 18.3 Å². The minimum Gasteiger partial charge on any atom is -0.385 e. The zero-order chi connectivity index (χ0) is 10.6. The molecule has 0 fully saturated rings. The van der Waals surface area contributed by atoms with Gasteiger partial charge < -0.3 is 16.2 Å². The first-order chi connectivity index (χ1) is 6.59. The van der Waals surface area contributed by atoms with Crippen molar-refractivity contribution < 1.29 is 13.9 Å². The summed E-state index contributed by atoms with van der Waals surface area (Å²) >= 11 is 0. The van der Waals surface area contributed by atoms with Crippen molar-refractivity contribution >= 4 is 11.5 Å². The number of alkyl halides is 2. The lowest BCUT2D eigenvalue weighted by molar-refractivity contribution is 0.00385. The molecule has 4 nitrogen and oxygen atoms in total. The van der Waals surface area contributed by atoms with Crippen molar-refractivity contribution in [3.8, 4) is 0 Å². The number of aromatic nitrogens is 1. The van der Waals surface area contributed by atoms with Gasteiger partial charge in [-0.05, 0) is 6.07 Å². The molecule has 0 bridgehead atoms.